The van der Waals surface area contributed by atoms with Crippen LogP contribution >= 0.6 is 11.8 Å². The van der Waals surface area contributed by atoms with Crippen molar-refractivity contribution >= 4 is 40.2 Å². The number of carbonyl (C=O) groups excluding carboxylic acids is 2. The Morgan fingerprint density at radius 1 is 0.974 bits per heavy atom. The van der Waals surface area contributed by atoms with Crippen LogP contribution in [0.5, 0.6) is 0 Å². The molecule has 38 heavy (non-hydrogen) atoms. The van der Waals surface area contributed by atoms with E-state index in [1.165, 1.54) is 24.3 Å². The fourth-order valence-electron chi connectivity index (χ4n) is 4.54. The smallest absolute Gasteiger partial charge is 0.262 e. The molecule has 4 aromatic rings. The van der Waals surface area contributed by atoms with E-state index in [-0.39, 0.29) is 41.5 Å². The Balaban J connectivity index is 1.34. The number of para-hydroxylation sites is 1. The maximum absolute atomic E-state index is 13.4. The van der Waals surface area contributed by atoms with Crippen LogP contribution in [0.25, 0.3) is 10.9 Å². The minimum atomic E-state index is -0.385. The quantitative estimate of drug-likeness (QED) is 0.247. The standard InChI is InChI=1S/C29H27FN4O3S/c30-21-13-15-23(16-14-21)31-26(35)18-38-29-33-25-8-4-3-7-24(25)28(37)34(29)17-19-9-11-20(12-10-19)27(36)32-22-5-1-2-6-22/h3-4,7-16,22H,1-2,5-6,17-18H2,(H,31,35)(H,32,36). The lowest BCUT2D eigenvalue weighted by molar-refractivity contribution is -0.113. The first kappa shape index (κ1) is 25.7. The van der Waals surface area contributed by atoms with Gasteiger partial charge in [-0.05, 0) is 66.9 Å². The van der Waals surface area contributed by atoms with Crippen molar-refractivity contribution in [3.05, 3.63) is 100 Å². The first-order valence-electron chi connectivity index (χ1n) is 12.5. The molecule has 5 rings (SSSR count). The van der Waals surface area contributed by atoms with Gasteiger partial charge >= 0.3 is 0 Å². The topological polar surface area (TPSA) is 93.1 Å². The summed E-state index contributed by atoms with van der Waals surface area (Å²) in [6, 6.07) is 20.1. The highest BCUT2D eigenvalue weighted by Gasteiger charge is 2.18. The second kappa shape index (κ2) is 11.6. The number of rotatable bonds is 8. The molecular weight excluding hydrogens is 503 g/mol. The van der Waals surface area contributed by atoms with Crippen molar-refractivity contribution in [3.63, 3.8) is 0 Å². The van der Waals surface area contributed by atoms with Crippen molar-refractivity contribution < 1.29 is 14.0 Å². The van der Waals surface area contributed by atoms with E-state index in [2.05, 4.69) is 15.6 Å². The van der Waals surface area contributed by atoms with Gasteiger partial charge in [0.25, 0.3) is 11.5 Å². The minimum absolute atomic E-state index is 0.0163. The average molecular weight is 531 g/mol. The number of carbonyl (C=O) groups is 2. The molecule has 1 aromatic heterocycles. The van der Waals surface area contributed by atoms with Crippen LogP contribution in [0.1, 0.15) is 41.6 Å². The molecule has 1 fully saturated rings. The highest BCUT2D eigenvalue weighted by atomic mass is 32.2. The first-order valence-corrected chi connectivity index (χ1v) is 13.5. The molecule has 7 nitrogen and oxygen atoms in total. The lowest BCUT2D eigenvalue weighted by atomic mass is 10.1. The molecule has 1 aliphatic carbocycles. The highest BCUT2D eigenvalue weighted by molar-refractivity contribution is 7.99. The van der Waals surface area contributed by atoms with Gasteiger partial charge in [0.15, 0.2) is 5.16 Å². The van der Waals surface area contributed by atoms with E-state index in [1.54, 1.807) is 34.9 Å². The van der Waals surface area contributed by atoms with Crippen LogP contribution in [-0.2, 0) is 11.3 Å². The van der Waals surface area contributed by atoms with Crippen molar-refractivity contribution in [2.75, 3.05) is 11.1 Å². The van der Waals surface area contributed by atoms with Crippen molar-refractivity contribution in [1.29, 1.82) is 0 Å². The number of thioether (sulfide) groups is 1. The summed E-state index contributed by atoms with van der Waals surface area (Å²) in [5, 5.41) is 6.70. The molecule has 1 saturated carbocycles. The van der Waals surface area contributed by atoms with Gasteiger partial charge in [-0.1, -0.05) is 48.9 Å². The zero-order valence-electron chi connectivity index (χ0n) is 20.7. The van der Waals surface area contributed by atoms with Gasteiger partial charge in [0, 0.05) is 17.3 Å². The highest BCUT2D eigenvalue weighted by Crippen LogP contribution is 2.21. The van der Waals surface area contributed by atoms with E-state index in [1.807, 2.05) is 18.2 Å². The Hall–Kier alpha value is -3.98. The van der Waals surface area contributed by atoms with Crippen LogP contribution in [0.4, 0.5) is 10.1 Å². The number of fused-ring (bicyclic) bond motifs is 1. The fraction of sp³-hybridized carbons (Fsp3) is 0.241. The third kappa shape index (κ3) is 6.11. The summed E-state index contributed by atoms with van der Waals surface area (Å²) in [6.07, 6.45) is 4.33. The molecule has 0 saturated heterocycles. The molecule has 3 aromatic carbocycles. The van der Waals surface area contributed by atoms with E-state index in [0.717, 1.165) is 43.0 Å². The number of benzene rings is 3. The maximum Gasteiger partial charge on any atom is 0.262 e. The number of nitrogens with zero attached hydrogens (tertiary/aromatic N) is 2. The fourth-order valence-corrected chi connectivity index (χ4v) is 5.34. The van der Waals surface area contributed by atoms with Gasteiger partial charge in [-0.2, -0.15) is 0 Å². The third-order valence-corrected chi connectivity index (χ3v) is 7.51. The van der Waals surface area contributed by atoms with Crippen molar-refractivity contribution in [2.45, 2.75) is 43.4 Å². The molecule has 0 atom stereocenters. The number of aromatic nitrogens is 2. The van der Waals surface area contributed by atoms with Crippen LogP contribution in [0, 0.1) is 5.82 Å². The number of hydrogen-bond donors (Lipinski definition) is 2. The van der Waals surface area contributed by atoms with Crippen molar-refractivity contribution in [3.8, 4) is 0 Å². The molecule has 9 heteroatoms. The van der Waals surface area contributed by atoms with Gasteiger partial charge < -0.3 is 10.6 Å². The zero-order chi connectivity index (χ0) is 26.5. The number of nitrogens with one attached hydrogen (secondary N) is 2. The van der Waals surface area contributed by atoms with Gasteiger partial charge in [0.1, 0.15) is 5.82 Å². The summed E-state index contributed by atoms with van der Waals surface area (Å²) >= 11 is 1.15. The Morgan fingerprint density at radius 3 is 2.42 bits per heavy atom. The molecule has 2 N–H and O–H groups in total. The summed E-state index contributed by atoms with van der Waals surface area (Å²) < 4.78 is 14.7. The van der Waals surface area contributed by atoms with Crippen LogP contribution < -0.4 is 16.2 Å². The number of halogens is 1. The third-order valence-electron chi connectivity index (χ3n) is 6.53. The molecule has 194 valence electrons. The number of amides is 2. The van der Waals surface area contributed by atoms with Crippen LogP contribution in [0.3, 0.4) is 0 Å². The molecule has 0 bridgehead atoms. The predicted octanol–water partition coefficient (Wildman–Crippen LogP) is 4.99. The normalized spacial score (nSPS) is 13.5. The Kier molecular flexibility index (Phi) is 7.83. The monoisotopic (exact) mass is 530 g/mol. The number of anilines is 1. The molecule has 0 aliphatic heterocycles. The van der Waals surface area contributed by atoms with Gasteiger partial charge in [0.2, 0.25) is 5.91 Å². The van der Waals surface area contributed by atoms with Crippen molar-refractivity contribution in [2.24, 2.45) is 0 Å². The lowest BCUT2D eigenvalue weighted by Crippen LogP contribution is -2.32. The molecule has 0 unspecified atom stereocenters. The van der Waals surface area contributed by atoms with Crippen molar-refractivity contribution in [1.82, 2.24) is 14.9 Å². The summed E-state index contributed by atoms with van der Waals surface area (Å²) in [6.45, 7) is 0.239. The second-order valence-electron chi connectivity index (χ2n) is 9.30. The van der Waals surface area contributed by atoms with Gasteiger partial charge in [-0.15, -0.1) is 0 Å². The van der Waals surface area contributed by atoms with Gasteiger partial charge in [-0.25, -0.2) is 9.37 Å². The molecular formula is C29H27FN4O3S. The average Bonchev–Trinajstić information content (AvgIpc) is 3.44. The van der Waals surface area contributed by atoms with E-state index in [0.29, 0.717) is 27.3 Å². The minimum Gasteiger partial charge on any atom is -0.349 e. The second-order valence-corrected chi connectivity index (χ2v) is 10.2. The molecule has 1 aliphatic rings. The first-order chi connectivity index (χ1) is 18.5. The van der Waals surface area contributed by atoms with Gasteiger partial charge in [-0.3, -0.25) is 19.0 Å². The molecule has 2 amide bonds. The largest absolute Gasteiger partial charge is 0.349 e. The summed E-state index contributed by atoms with van der Waals surface area (Å²) in [5.74, 6) is -0.753. The molecule has 0 radical (unpaired) electrons. The van der Waals surface area contributed by atoms with Crippen LogP contribution in [0.15, 0.2) is 82.7 Å². The summed E-state index contributed by atoms with van der Waals surface area (Å²) in [5.41, 5.74) is 2.24. The molecule has 1 heterocycles. The van der Waals surface area contributed by atoms with E-state index in [9.17, 15) is 18.8 Å². The van der Waals surface area contributed by atoms with E-state index < -0.39 is 0 Å². The van der Waals surface area contributed by atoms with Gasteiger partial charge in [0.05, 0.1) is 23.2 Å². The van der Waals surface area contributed by atoms with Crippen LogP contribution in [-0.4, -0.2) is 33.2 Å². The maximum atomic E-state index is 13.4. The summed E-state index contributed by atoms with van der Waals surface area (Å²) in [7, 11) is 0. The predicted molar refractivity (Wildman–Crippen MR) is 147 cm³/mol. The molecule has 0 spiro atoms. The Morgan fingerprint density at radius 2 is 1.68 bits per heavy atom. The lowest BCUT2D eigenvalue weighted by Gasteiger charge is -2.14. The van der Waals surface area contributed by atoms with Crippen LogP contribution in [0.2, 0.25) is 0 Å². The Labute approximate surface area is 223 Å². The SMILES string of the molecule is O=C(CSc1nc2ccccc2c(=O)n1Cc1ccc(C(=O)NC2CCCC2)cc1)Nc1ccc(F)cc1. The zero-order valence-corrected chi connectivity index (χ0v) is 21.5. The van der Waals surface area contributed by atoms with E-state index >= 15 is 0 Å². The summed E-state index contributed by atoms with van der Waals surface area (Å²) in [4.78, 5) is 43.2. The number of hydrogen-bond acceptors (Lipinski definition) is 5. The van der Waals surface area contributed by atoms with E-state index in [4.69, 9.17) is 0 Å². The Bertz CT molecular complexity index is 1510.